The summed E-state index contributed by atoms with van der Waals surface area (Å²) < 4.78 is 117. The Kier molecular flexibility index (Phi) is 7.94. The SMILES string of the molecule is O=S(=O)(O)C(F)(F)S(=O)(=O)Oc1c(C2COCCO2)cc(C2COCCO2)cc1C1COCCO1. The van der Waals surface area contributed by atoms with Crippen molar-refractivity contribution in [3.63, 3.8) is 0 Å². The molecule has 0 spiro atoms. The molecule has 0 aliphatic carbocycles. The summed E-state index contributed by atoms with van der Waals surface area (Å²) in [7, 11) is -12.6. The second kappa shape index (κ2) is 10.5. The van der Waals surface area contributed by atoms with E-state index in [9.17, 15) is 25.6 Å². The highest BCUT2D eigenvalue weighted by atomic mass is 32.3. The van der Waals surface area contributed by atoms with E-state index in [0.717, 1.165) is 0 Å². The van der Waals surface area contributed by atoms with E-state index in [0.29, 0.717) is 12.2 Å². The van der Waals surface area contributed by atoms with Crippen LogP contribution in [0.5, 0.6) is 5.75 Å². The first-order chi connectivity index (χ1) is 16.5. The average Bonchev–Trinajstić information content (AvgIpc) is 2.85. The van der Waals surface area contributed by atoms with Gasteiger partial charge in [-0.25, -0.2) is 0 Å². The summed E-state index contributed by atoms with van der Waals surface area (Å²) >= 11 is 0. The molecule has 198 valence electrons. The quantitative estimate of drug-likeness (QED) is 0.385. The van der Waals surface area contributed by atoms with Crippen molar-refractivity contribution in [2.24, 2.45) is 0 Å². The average molecular weight is 547 g/mol. The van der Waals surface area contributed by atoms with Gasteiger partial charge in [0.15, 0.2) is 5.75 Å². The number of rotatable bonds is 7. The molecule has 4 rings (SSSR count). The summed E-state index contributed by atoms with van der Waals surface area (Å²) in [6.07, 6.45) is -2.50. The number of benzene rings is 1. The Bertz CT molecular complexity index is 1070. The van der Waals surface area contributed by atoms with Crippen molar-refractivity contribution in [1.82, 2.24) is 0 Å². The molecular weight excluding hydrogens is 522 g/mol. The largest absolute Gasteiger partial charge is 0.506 e. The molecule has 1 N–H and O–H groups in total. The highest BCUT2D eigenvalue weighted by Crippen LogP contribution is 2.43. The molecule has 0 radical (unpaired) electrons. The Hall–Kier alpha value is -1.50. The fourth-order valence-corrected chi connectivity index (χ4v) is 5.40. The lowest BCUT2D eigenvalue weighted by Crippen LogP contribution is -2.40. The van der Waals surface area contributed by atoms with Gasteiger partial charge in [0.1, 0.15) is 18.3 Å². The third-order valence-electron chi connectivity index (χ3n) is 5.47. The Morgan fingerprint density at radius 3 is 1.57 bits per heavy atom. The molecule has 3 unspecified atom stereocenters. The molecule has 3 fully saturated rings. The Morgan fingerprint density at radius 1 is 0.771 bits per heavy atom. The third-order valence-corrected chi connectivity index (χ3v) is 8.28. The Labute approximate surface area is 200 Å². The zero-order valence-corrected chi connectivity index (χ0v) is 19.9. The molecule has 0 saturated carbocycles. The lowest BCUT2D eigenvalue weighted by atomic mass is 9.94. The Morgan fingerprint density at radius 2 is 1.20 bits per heavy atom. The van der Waals surface area contributed by atoms with Crippen LogP contribution >= 0.6 is 0 Å². The summed E-state index contributed by atoms with van der Waals surface area (Å²) in [5.41, 5.74) is 0.454. The first-order valence-corrected chi connectivity index (χ1v) is 13.4. The highest BCUT2D eigenvalue weighted by Gasteiger charge is 2.60. The fraction of sp³-hybridized carbons (Fsp3) is 0.684. The molecule has 0 aromatic heterocycles. The van der Waals surface area contributed by atoms with Crippen molar-refractivity contribution in [3.05, 3.63) is 28.8 Å². The van der Waals surface area contributed by atoms with Gasteiger partial charge < -0.3 is 32.6 Å². The smallest absolute Gasteiger partial charge is 0.376 e. The molecule has 3 heterocycles. The van der Waals surface area contributed by atoms with E-state index in [1.807, 2.05) is 0 Å². The molecule has 0 bridgehead atoms. The van der Waals surface area contributed by atoms with E-state index in [-0.39, 0.29) is 64.0 Å². The predicted molar refractivity (Wildman–Crippen MR) is 111 cm³/mol. The molecule has 16 heteroatoms. The second-order valence-electron chi connectivity index (χ2n) is 7.81. The van der Waals surface area contributed by atoms with E-state index >= 15 is 0 Å². The fourth-order valence-electron chi connectivity index (χ4n) is 3.76. The van der Waals surface area contributed by atoms with Gasteiger partial charge in [0.05, 0.1) is 59.5 Å². The van der Waals surface area contributed by atoms with Gasteiger partial charge in [-0.1, -0.05) is 0 Å². The van der Waals surface area contributed by atoms with Crippen molar-refractivity contribution in [2.75, 3.05) is 59.5 Å². The van der Waals surface area contributed by atoms with Crippen LogP contribution in [-0.2, 0) is 48.7 Å². The molecule has 0 amide bonds. The van der Waals surface area contributed by atoms with E-state index < -0.39 is 48.9 Å². The summed E-state index contributed by atoms with van der Waals surface area (Å²) in [4.78, 5) is 0. The molecule has 1 aromatic rings. The monoisotopic (exact) mass is 546 g/mol. The molecule has 3 atom stereocenters. The highest BCUT2D eigenvalue weighted by molar-refractivity contribution is 8.05. The number of halogens is 2. The van der Waals surface area contributed by atoms with Crippen molar-refractivity contribution in [1.29, 1.82) is 0 Å². The molecular formula is C19H24F2O12S2. The van der Waals surface area contributed by atoms with Crippen molar-refractivity contribution in [3.8, 4) is 5.75 Å². The van der Waals surface area contributed by atoms with Gasteiger partial charge in [0.2, 0.25) is 0 Å². The standard InChI is InChI=1S/C19H24F2O12S2/c20-19(21,34(22,23)24)35(25,26)33-18-13(16-10-28-2-5-31-16)7-12(15-9-27-1-4-30-15)8-14(18)17-11-29-3-6-32-17/h7-8,15-17H,1-6,9-11H2,(H,22,23,24). The van der Waals surface area contributed by atoms with E-state index in [1.165, 1.54) is 12.1 Å². The first-order valence-electron chi connectivity index (χ1n) is 10.6. The van der Waals surface area contributed by atoms with Crippen LogP contribution in [0.2, 0.25) is 0 Å². The Balaban J connectivity index is 1.87. The van der Waals surface area contributed by atoms with Gasteiger partial charge in [-0.3, -0.25) is 4.55 Å². The topological polar surface area (TPSA) is 153 Å². The summed E-state index contributed by atoms with van der Waals surface area (Å²) in [5, 5.41) is 0. The van der Waals surface area contributed by atoms with Gasteiger partial charge in [0, 0.05) is 11.1 Å². The van der Waals surface area contributed by atoms with Crippen molar-refractivity contribution < 1.29 is 62.8 Å². The minimum atomic E-state index is -6.38. The van der Waals surface area contributed by atoms with Crippen LogP contribution in [0.1, 0.15) is 35.0 Å². The maximum Gasteiger partial charge on any atom is 0.506 e. The van der Waals surface area contributed by atoms with Gasteiger partial charge in [0.25, 0.3) is 0 Å². The number of alkyl halides is 2. The molecule has 35 heavy (non-hydrogen) atoms. The normalized spacial score (nSPS) is 26.9. The van der Waals surface area contributed by atoms with Crippen LogP contribution in [0, 0.1) is 0 Å². The van der Waals surface area contributed by atoms with E-state index in [1.54, 1.807) is 0 Å². The minimum absolute atomic E-state index is 0.0183. The van der Waals surface area contributed by atoms with E-state index in [2.05, 4.69) is 0 Å². The summed E-state index contributed by atoms with van der Waals surface area (Å²) in [5.74, 6) is -0.639. The van der Waals surface area contributed by atoms with Crippen LogP contribution in [0.25, 0.3) is 0 Å². The minimum Gasteiger partial charge on any atom is -0.376 e. The number of hydrogen-bond acceptors (Lipinski definition) is 11. The maximum atomic E-state index is 14.2. The predicted octanol–water partition coefficient (Wildman–Crippen LogP) is 1.10. The molecule has 3 aliphatic rings. The van der Waals surface area contributed by atoms with Gasteiger partial charge in [-0.2, -0.15) is 25.6 Å². The van der Waals surface area contributed by atoms with Crippen LogP contribution < -0.4 is 4.18 Å². The lowest BCUT2D eigenvalue weighted by molar-refractivity contribution is -0.0964. The lowest BCUT2D eigenvalue weighted by Gasteiger charge is -2.32. The van der Waals surface area contributed by atoms with Crippen LogP contribution in [0.4, 0.5) is 8.78 Å². The van der Waals surface area contributed by atoms with Crippen molar-refractivity contribution >= 4 is 20.2 Å². The third kappa shape index (κ3) is 5.60. The second-order valence-corrected chi connectivity index (χ2v) is 11.1. The van der Waals surface area contributed by atoms with Gasteiger partial charge in [-0.05, 0) is 17.7 Å². The molecule has 3 aliphatic heterocycles. The molecule has 12 nitrogen and oxygen atoms in total. The zero-order valence-electron chi connectivity index (χ0n) is 18.3. The van der Waals surface area contributed by atoms with Crippen LogP contribution in [0.15, 0.2) is 12.1 Å². The molecule has 3 saturated heterocycles. The number of hydrogen-bond donors (Lipinski definition) is 1. The van der Waals surface area contributed by atoms with Gasteiger partial charge in [-0.15, -0.1) is 0 Å². The van der Waals surface area contributed by atoms with Crippen molar-refractivity contribution in [2.45, 2.75) is 22.9 Å². The summed E-state index contributed by atoms with van der Waals surface area (Å²) in [6.45, 7) is 1.41. The first kappa shape index (κ1) is 26.6. The summed E-state index contributed by atoms with van der Waals surface area (Å²) in [6, 6.07) is 2.87. The maximum absolute atomic E-state index is 14.2. The number of ether oxygens (including phenoxy) is 6. The zero-order chi connectivity index (χ0) is 25.3. The van der Waals surface area contributed by atoms with Crippen LogP contribution in [-0.4, -0.2) is 85.4 Å². The van der Waals surface area contributed by atoms with Crippen LogP contribution in [0.3, 0.4) is 0 Å². The molecule has 1 aromatic carbocycles. The van der Waals surface area contributed by atoms with E-state index in [4.69, 9.17) is 37.2 Å². The van der Waals surface area contributed by atoms with Gasteiger partial charge >= 0.3 is 24.8 Å².